The summed E-state index contributed by atoms with van der Waals surface area (Å²) in [5, 5.41) is 0. The van der Waals surface area contributed by atoms with Crippen molar-refractivity contribution in [2.75, 3.05) is 6.26 Å². The van der Waals surface area contributed by atoms with E-state index in [9.17, 15) is 8.42 Å². The minimum atomic E-state index is -3.03. The standard InChI is InChI=1S/C8H17NO2S/c1-8(9-12(2,10)11)6-4-3-5-7-8/h9H,3-7H2,1-2H3. The Balaban J connectivity index is 2.59. The van der Waals surface area contributed by atoms with Gasteiger partial charge >= 0.3 is 0 Å². The molecule has 0 heterocycles. The molecule has 0 aromatic rings. The molecule has 0 spiro atoms. The van der Waals surface area contributed by atoms with Crippen molar-refractivity contribution in [1.29, 1.82) is 0 Å². The minimum absolute atomic E-state index is 0.175. The summed E-state index contributed by atoms with van der Waals surface area (Å²) in [5.74, 6) is 0. The lowest BCUT2D eigenvalue weighted by atomic mass is 9.84. The maximum absolute atomic E-state index is 11.0. The number of sulfonamides is 1. The molecular weight excluding hydrogens is 174 g/mol. The Morgan fingerprint density at radius 1 is 1.17 bits per heavy atom. The second kappa shape index (κ2) is 3.34. The fourth-order valence-electron chi connectivity index (χ4n) is 1.88. The maximum Gasteiger partial charge on any atom is 0.209 e. The summed E-state index contributed by atoms with van der Waals surface area (Å²) in [6, 6.07) is 0. The van der Waals surface area contributed by atoms with Crippen LogP contribution in [0.1, 0.15) is 39.0 Å². The number of rotatable bonds is 2. The topological polar surface area (TPSA) is 46.2 Å². The van der Waals surface area contributed by atoms with Gasteiger partial charge in [-0.25, -0.2) is 13.1 Å². The molecule has 0 aliphatic heterocycles. The van der Waals surface area contributed by atoms with Crippen molar-refractivity contribution in [2.45, 2.75) is 44.6 Å². The first kappa shape index (κ1) is 9.99. The van der Waals surface area contributed by atoms with Gasteiger partial charge in [0.25, 0.3) is 0 Å². The summed E-state index contributed by atoms with van der Waals surface area (Å²) in [6.07, 6.45) is 6.69. The van der Waals surface area contributed by atoms with Gasteiger partial charge in [-0.2, -0.15) is 0 Å². The van der Waals surface area contributed by atoms with E-state index in [1.54, 1.807) is 0 Å². The van der Waals surface area contributed by atoms with Crippen LogP contribution in [0.3, 0.4) is 0 Å². The first-order valence-corrected chi connectivity index (χ1v) is 6.29. The van der Waals surface area contributed by atoms with Gasteiger partial charge in [-0.05, 0) is 19.8 Å². The predicted octanol–water partition coefficient (Wildman–Crippen LogP) is 1.26. The summed E-state index contributed by atoms with van der Waals surface area (Å²) in [5.41, 5.74) is -0.175. The molecule has 1 fully saturated rings. The molecular formula is C8H17NO2S. The van der Waals surface area contributed by atoms with E-state index in [-0.39, 0.29) is 5.54 Å². The van der Waals surface area contributed by atoms with Crippen LogP contribution in [0.5, 0.6) is 0 Å². The maximum atomic E-state index is 11.0. The zero-order valence-electron chi connectivity index (χ0n) is 7.76. The molecule has 1 saturated carbocycles. The number of hydrogen-bond donors (Lipinski definition) is 1. The van der Waals surface area contributed by atoms with E-state index in [0.717, 1.165) is 25.7 Å². The third-order valence-electron chi connectivity index (χ3n) is 2.39. The summed E-state index contributed by atoms with van der Waals surface area (Å²) in [6.45, 7) is 1.99. The van der Waals surface area contributed by atoms with E-state index in [1.807, 2.05) is 6.92 Å². The fraction of sp³-hybridized carbons (Fsp3) is 1.00. The molecule has 1 aliphatic carbocycles. The minimum Gasteiger partial charge on any atom is -0.213 e. The molecule has 0 unspecified atom stereocenters. The smallest absolute Gasteiger partial charge is 0.209 e. The number of nitrogens with one attached hydrogen (secondary N) is 1. The van der Waals surface area contributed by atoms with Gasteiger partial charge in [-0.15, -0.1) is 0 Å². The molecule has 3 nitrogen and oxygen atoms in total. The molecule has 1 rings (SSSR count). The molecule has 0 radical (unpaired) electrons. The normalized spacial score (nSPS) is 23.8. The third kappa shape index (κ3) is 3.11. The predicted molar refractivity (Wildman–Crippen MR) is 49.5 cm³/mol. The van der Waals surface area contributed by atoms with Gasteiger partial charge in [0.15, 0.2) is 0 Å². The van der Waals surface area contributed by atoms with Crippen LogP contribution in [0.2, 0.25) is 0 Å². The van der Waals surface area contributed by atoms with Crippen molar-refractivity contribution in [3.63, 3.8) is 0 Å². The Labute approximate surface area is 74.6 Å². The zero-order valence-corrected chi connectivity index (χ0v) is 8.58. The summed E-state index contributed by atoms with van der Waals surface area (Å²) in [7, 11) is -3.03. The van der Waals surface area contributed by atoms with Crippen molar-refractivity contribution in [3.8, 4) is 0 Å². The van der Waals surface area contributed by atoms with Crippen molar-refractivity contribution in [2.24, 2.45) is 0 Å². The second-order valence-corrected chi connectivity index (χ2v) is 5.74. The second-order valence-electron chi connectivity index (χ2n) is 4.00. The molecule has 0 amide bonds. The van der Waals surface area contributed by atoms with Gasteiger partial charge in [0.05, 0.1) is 6.26 Å². The average Bonchev–Trinajstić information content (AvgIpc) is 1.83. The Kier molecular flexibility index (Phi) is 2.78. The monoisotopic (exact) mass is 191 g/mol. The third-order valence-corrected chi connectivity index (χ3v) is 3.25. The molecule has 1 N–H and O–H groups in total. The van der Waals surface area contributed by atoms with Crippen molar-refractivity contribution < 1.29 is 8.42 Å². The highest BCUT2D eigenvalue weighted by Crippen LogP contribution is 2.27. The van der Waals surface area contributed by atoms with Crippen LogP contribution < -0.4 is 4.72 Å². The summed E-state index contributed by atoms with van der Waals surface area (Å²) in [4.78, 5) is 0. The van der Waals surface area contributed by atoms with Crippen molar-refractivity contribution in [1.82, 2.24) is 4.72 Å². The van der Waals surface area contributed by atoms with E-state index in [0.29, 0.717) is 0 Å². The first-order chi connectivity index (χ1) is 5.41. The summed E-state index contributed by atoms with van der Waals surface area (Å²) >= 11 is 0. The van der Waals surface area contributed by atoms with Gasteiger partial charge in [-0.1, -0.05) is 19.3 Å². The Morgan fingerprint density at radius 3 is 2.08 bits per heavy atom. The van der Waals surface area contributed by atoms with Gasteiger partial charge in [0.1, 0.15) is 0 Å². The number of hydrogen-bond acceptors (Lipinski definition) is 2. The van der Waals surface area contributed by atoms with Crippen LogP contribution in [0.4, 0.5) is 0 Å². The van der Waals surface area contributed by atoms with E-state index in [1.165, 1.54) is 12.7 Å². The molecule has 4 heteroatoms. The Morgan fingerprint density at radius 2 is 1.67 bits per heavy atom. The molecule has 0 atom stereocenters. The molecule has 12 heavy (non-hydrogen) atoms. The Bertz CT molecular complexity index is 240. The largest absolute Gasteiger partial charge is 0.213 e. The highest BCUT2D eigenvalue weighted by Gasteiger charge is 2.29. The van der Waals surface area contributed by atoms with E-state index < -0.39 is 10.0 Å². The van der Waals surface area contributed by atoms with Crippen LogP contribution in [0.15, 0.2) is 0 Å². The van der Waals surface area contributed by atoms with Crippen LogP contribution in [-0.2, 0) is 10.0 Å². The summed E-state index contributed by atoms with van der Waals surface area (Å²) < 4.78 is 24.7. The van der Waals surface area contributed by atoms with E-state index in [4.69, 9.17) is 0 Å². The Hall–Kier alpha value is -0.0900. The van der Waals surface area contributed by atoms with E-state index >= 15 is 0 Å². The lowest BCUT2D eigenvalue weighted by Crippen LogP contribution is -2.46. The van der Waals surface area contributed by atoms with E-state index in [2.05, 4.69) is 4.72 Å². The van der Waals surface area contributed by atoms with Crippen LogP contribution in [0.25, 0.3) is 0 Å². The van der Waals surface area contributed by atoms with Crippen LogP contribution in [0, 0.1) is 0 Å². The molecule has 0 aromatic carbocycles. The van der Waals surface area contributed by atoms with Gasteiger partial charge in [-0.3, -0.25) is 0 Å². The fourth-order valence-corrected chi connectivity index (χ4v) is 2.98. The van der Waals surface area contributed by atoms with Gasteiger partial charge in [0.2, 0.25) is 10.0 Å². The average molecular weight is 191 g/mol. The first-order valence-electron chi connectivity index (χ1n) is 4.40. The van der Waals surface area contributed by atoms with Crippen molar-refractivity contribution >= 4 is 10.0 Å². The molecule has 0 saturated heterocycles. The highest BCUT2D eigenvalue weighted by molar-refractivity contribution is 7.88. The lowest BCUT2D eigenvalue weighted by molar-refractivity contribution is 0.294. The molecule has 1 aliphatic rings. The lowest BCUT2D eigenvalue weighted by Gasteiger charge is -2.33. The van der Waals surface area contributed by atoms with Crippen LogP contribution >= 0.6 is 0 Å². The molecule has 0 aromatic heterocycles. The highest BCUT2D eigenvalue weighted by atomic mass is 32.2. The molecule has 72 valence electrons. The zero-order chi connectivity index (χ0) is 9.24. The van der Waals surface area contributed by atoms with Gasteiger partial charge < -0.3 is 0 Å². The quantitative estimate of drug-likeness (QED) is 0.714. The van der Waals surface area contributed by atoms with Crippen molar-refractivity contribution in [3.05, 3.63) is 0 Å². The van der Waals surface area contributed by atoms with Gasteiger partial charge in [0, 0.05) is 5.54 Å². The SMILES string of the molecule is CC1(NS(C)(=O)=O)CCCCC1. The van der Waals surface area contributed by atoms with Crippen LogP contribution in [-0.4, -0.2) is 20.2 Å². The molecule has 0 bridgehead atoms.